The lowest BCUT2D eigenvalue weighted by Crippen LogP contribution is -2.38. The molecule has 1 fully saturated rings. The van der Waals surface area contributed by atoms with Gasteiger partial charge in [0.1, 0.15) is 0 Å². The molecule has 3 aromatic carbocycles. The van der Waals surface area contributed by atoms with Crippen molar-refractivity contribution < 1.29 is 8.42 Å². The van der Waals surface area contributed by atoms with Crippen LogP contribution in [0.1, 0.15) is 46.7 Å². The maximum absolute atomic E-state index is 13.0. The molecule has 5 rings (SSSR count). The van der Waals surface area contributed by atoms with Gasteiger partial charge in [0, 0.05) is 36.2 Å². The minimum atomic E-state index is -3.31. The van der Waals surface area contributed by atoms with E-state index in [1.807, 2.05) is 30.3 Å². The van der Waals surface area contributed by atoms with E-state index in [9.17, 15) is 8.42 Å². The Balaban J connectivity index is 1.39. The molecule has 34 heavy (non-hydrogen) atoms. The molecule has 4 nitrogen and oxygen atoms in total. The Labute approximate surface area is 202 Å². The second kappa shape index (κ2) is 9.40. The number of sulfonamides is 1. The van der Waals surface area contributed by atoms with E-state index in [2.05, 4.69) is 66.9 Å². The summed E-state index contributed by atoms with van der Waals surface area (Å²) >= 11 is 0. The van der Waals surface area contributed by atoms with Crippen LogP contribution in [-0.4, -0.2) is 30.4 Å². The summed E-state index contributed by atoms with van der Waals surface area (Å²) in [7, 11) is -3.31. The van der Waals surface area contributed by atoms with Crippen molar-refractivity contribution in [3.05, 3.63) is 107 Å². The lowest BCUT2D eigenvalue weighted by molar-refractivity contribution is 0.319. The third-order valence-corrected chi connectivity index (χ3v) is 9.17. The molecule has 5 heteroatoms. The van der Waals surface area contributed by atoms with E-state index in [1.165, 1.54) is 33.3 Å². The normalized spacial score (nSPS) is 15.7. The molecule has 0 radical (unpaired) electrons. The molecule has 0 bridgehead atoms. The third-order valence-electron chi connectivity index (χ3n) is 7.32. The number of fused-ring (bicyclic) bond motifs is 1. The molecule has 0 atom stereocenters. The fraction of sp³-hybridized carbons (Fsp3) is 0.310. The maximum Gasteiger partial charge on any atom is 0.218 e. The first kappa shape index (κ1) is 22.9. The topological polar surface area (TPSA) is 42.3 Å². The van der Waals surface area contributed by atoms with Crippen molar-refractivity contribution in [2.24, 2.45) is 0 Å². The minimum absolute atomic E-state index is 0.0767. The molecule has 1 aromatic heterocycles. The summed E-state index contributed by atoms with van der Waals surface area (Å²) < 4.78 is 30.2. The monoisotopic (exact) mass is 472 g/mol. The van der Waals surface area contributed by atoms with E-state index in [1.54, 1.807) is 4.31 Å². The Kier molecular flexibility index (Phi) is 6.32. The van der Waals surface area contributed by atoms with Crippen LogP contribution in [0.4, 0.5) is 0 Å². The molecule has 1 aliphatic heterocycles. The Morgan fingerprint density at radius 1 is 0.824 bits per heavy atom. The second-order valence-electron chi connectivity index (χ2n) is 9.44. The number of hydrogen-bond acceptors (Lipinski definition) is 2. The lowest BCUT2D eigenvalue weighted by Gasteiger charge is -2.31. The molecule has 176 valence electrons. The van der Waals surface area contributed by atoms with Crippen molar-refractivity contribution in [2.45, 2.75) is 44.9 Å². The molecular weight excluding hydrogens is 440 g/mol. The van der Waals surface area contributed by atoms with E-state index < -0.39 is 10.0 Å². The summed E-state index contributed by atoms with van der Waals surface area (Å²) in [5.74, 6) is 0.444. The summed E-state index contributed by atoms with van der Waals surface area (Å²) in [6.07, 6.45) is 1.71. The summed E-state index contributed by atoms with van der Waals surface area (Å²) in [5.41, 5.74) is 7.44. The number of aromatic nitrogens is 1. The average molecular weight is 473 g/mol. The zero-order valence-electron chi connectivity index (χ0n) is 19.9. The number of piperidine rings is 1. The van der Waals surface area contributed by atoms with Crippen LogP contribution in [0.3, 0.4) is 0 Å². The number of rotatable bonds is 6. The molecule has 0 unspecified atom stereocenters. The highest BCUT2D eigenvalue weighted by Crippen LogP contribution is 2.38. The highest BCUT2D eigenvalue weighted by Gasteiger charge is 2.31. The van der Waals surface area contributed by atoms with Gasteiger partial charge in [0.15, 0.2) is 0 Å². The van der Waals surface area contributed by atoms with Crippen LogP contribution in [-0.2, 0) is 22.3 Å². The van der Waals surface area contributed by atoms with E-state index >= 15 is 0 Å². The van der Waals surface area contributed by atoms with E-state index in [0.29, 0.717) is 19.0 Å². The number of aryl methyl sites for hydroxylation is 1. The fourth-order valence-electron chi connectivity index (χ4n) is 5.43. The van der Waals surface area contributed by atoms with Gasteiger partial charge in [0.05, 0.1) is 5.75 Å². The zero-order chi connectivity index (χ0) is 23.7. The van der Waals surface area contributed by atoms with Gasteiger partial charge in [-0.3, -0.25) is 0 Å². The largest absolute Gasteiger partial charge is 0.340 e. The number of para-hydroxylation sites is 1. The van der Waals surface area contributed by atoms with E-state index in [4.69, 9.17) is 0 Å². The Hall–Kier alpha value is -2.89. The van der Waals surface area contributed by atoms with E-state index in [-0.39, 0.29) is 5.75 Å². The zero-order valence-corrected chi connectivity index (χ0v) is 20.8. The van der Waals surface area contributed by atoms with Crippen LogP contribution in [0.5, 0.6) is 0 Å². The quantitative estimate of drug-likeness (QED) is 0.345. The highest BCUT2D eigenvalue weighted by atomic mass is 32.2. The van der Waals surface area contributed by atoms with Gasteiger partial charge >= 0.3 is 0 Å². The summed E-state index contributed by atoms with van der Waals surface area (Å²) in [5, 5.41) is 1.30. The predicted octanol–water partition coefficient (Wildman–Crippen LogP) is 6.02. The molecule has 1 aliphatic rings. The number of benzene rings is 3. The van der Waals surface area contributed by atoms with Crippen molar-refractivity contribution in [1.82, 2.24) is 8.87 Å². The first-order chi connectivity index (χ1) is 16.4. The maximum atomic E-state index is 13.0. The number of nitrogens with zero attached hydrogens (tertiary/aromatic N) is 2. The van der Waals surface area contributed by atoms with Gasteiger partial charge in [-0.05, 0) is 60.9 Å². The summed E-state index contributed by atoms with van der Waals surface area (Å²) in [6, 6.07) is 26.7. The molecule has 0 saturated carbocycles. The standard InChI is InChI=1S/C29H32N2O2S/c1-22-10-6-7-13-26(22)20-31-23(2)29(27-14-8-9-15-28(27)31)25-16-18-30(19-17-25)34(32,33)21-24-11-4-3-5-12-24/h3-15,25H,16-21H2,1-2H3. The van der Waals surface area contributed by atoms with Gasteiger partial charge in [-0.2, -0.15) is 0 Å². The summed E-state index contributed by atoms with van der Waals surface area (Å²) in [4.78, 5) is 0. The molecule has 1 saturated heterocycles. The lowest BCUT2D eigenvalue weighted by atomic mass is 9.88. The Morgan fingerprint density at radius 2 is 1.47 bits per heavy atom. The van der Waals surface area contributed by atoms with Crippen molar-refractivity contribution in [3.63, 3.8) is 0 Å². The second-order valence-corrected chi connectivity index (χ2v) is 11.4. The average Bonchev–Trinajstić information content (AvgIpc) is 3.12. The molecule has 4 aromatic rings. The van der Waals surface area contributed by atoms with Crippen molar-refractivity contribution >= 4 is 20.9 Å². The SMILES string of the molecule is Cc1ccccc1Cn1c(C)c(C2CCN(S(=O)(=O)Cc3ccccc3)CC2)c2ccccc21. The van der Waals surface area contributed by atoms with Gasteiger partial charge < -0.3 is 4.57 Å². The van der Waals surface area contributed by atoms with Crippen LogP contribution in [0.25, 0.3) is 10.9 Å². The van der Waals surface area contributed by atoms with Crippen molar-refractivity contribution in [1.29, 1.82) is 0 Å². The predicted molar refractivity (Wildman–Crippen MR) is 140 cm³/mol. The molecule has 0 N–H and O–H groups in total. The molecule has 0 amide bonds. The Bertz CT molecular complexity index is 1400. The molecule has 0 spiro atoms. The fourth-order valence-corrected chi connectivity index (χ4v) is 7.00. The van der Waals surface area contributed by atoms with Crippen molar-refractivity contribution in [3.8, 4) is 0 Å². The smallest absolute Gasteiger partial charge is 0.218 e. The van der Waals surface area contributed by atoms with Crippen molar-refractivity contribution in [2.75, 3.05) is 13.1 Å². The van der Waals surface area contributed by atoms with Gasteiger partial charge in [-0.1, -0.05) is 72.8 Å². The minimum Gasteiger partial charge on any atom is -0.340 e. The van der Waals surface area contributed by atoms with Crippen LogP contribution in [0.2, 0.25) is 0 Å². The first-order valence-corrected chi connectivity index (χ1v) is 13.7. The van der Waals surface area contributed by atoms with Crippen LogP contribution < -0.4 is 0 Å². The Morgan fingerprint density at radius 3 is 2.21 bits per heavy atom. The van der Waals surface area contributed by atoms with Gasteiger partial charge in [-0.15, -0.1) is 0 Å². The van der Waals surface area contributed by atoms with Crippen LogP contribution >= 0.6 is 0 Å². The number of hydrogen-bond donors (Lipinski definition) is 0. The van der Waals surface area contributed by atoms with Crippen LogP contribution in [0, 0.1) is 13.8 Å². The van der Waals surface area contributed by atoms with E-state index in [0.717, 1.165) is 24.9 Å². The third kappa shape index (κ3) is 4.42. The molecular formula is C29H32N2O2S. The van der Waals surface area contributed by atoms with Crippen LogP contribution in [0.15, 0.2) is 78.9 Å². The highest BCUT2D eigenvalue weighted by molar-refractivity contribution is 7.88. The molecule has 0 aliphatic carbocycles. The van der Waals surface area contributed by atoms with Gasteiger partial charge in [-0.25, -0.2) is 12.7 Å². The van der Waals surface area contributed by atoms with Gasteiger partial charge in [0.2, 0.25) is 10.0 Å². The first-order valence-electron chi connectivity index (χ1n) is 12.1. The summed E-state index contributed by atoms with van der Waals surface area (Å²) in [6.45, 7) is 6.41. The van der Waals surface area contributed by atoms with Gasteiger partial charge in [0.25, 0.3) is 0 Å². The molecule has 2 heterocycles.